The normalized spacial score (nSPS) is 17.5. The fraction of sp³-hybridized carbons (Fsp3) is 0.600. The monoisotopic (exact) mass is 328 g/mol. The summed E-state index contributed by atoms with van der Waals surface area (Å²) in [7, 11) is 1.44. The molecule has 1 fully saturated rings. The zero-order valence-electron chi connectivity index (χ0n) is 13.5. The minimum atomic E-state index is -3.51. The molecule has 1 N–H and O–H groups in total. The van der Waals surface area contributed by atoms with E-state index in [-0.39, 0.29) is 4.90 Å². The Morgan fingerprint density at radius 3 is 2.18 bits per heavy atom. The molecule has 22 heavy (non-hydrogen) atoms. The zero-order valence-corrected chi connectivity index (χ0v) is 14.4. The van der Waals surface area contributed by atoms with Gasteiger partial charge in [-0.15, -0.1) is 0 Å². The highest BCUT2D eigenvalue weighted by atomic mass is 32.2. The summed E-state index contributed by atoms with van der Waals surface area (Å²) in [6.07, 6.45) is 1.64. The second-order valence-electron chi connectivity index (χ2n) is 5.44. The van der Waals surface area contributed by atoms with Crippen molar-refractivity contribution < 1.29 is 17.9 Å². The maximum atomic E-state index is 12.9. The van der Waals surface area contributed by atoms with Gasteiger partial charge in [0.05, 0.1) is 19.1 Å². The van der Waals surface area contributed by atoms with Crippen molar-refractivity contribution in [3.8, 4) is 11.5 Å². The first-order chi connectivity index (χ1) is 10.4. The van der Waals surface area contributed by atoms with Crippen LogP contribution in [-0.2, 0) is 10.0 Å². The highest BCUT2D eigenvalue weighted by Crippen LogP contribution is 2.34. The number of methoxy groups -OCH3 is 2. The Hall–Kier alpha value is -1.31. The summed E-state index contributed by atoms with van der Waals surface area (Å²) in [4.78, 5) is 0.285. The minimum absolute atomic E-state index is 0.285. The fourth-order valence-electron chi connectivity index (χ4n) is 2.76. The van der Waals surface area contributed by atoms with Crippen molar-refractivity contribution in [1.29, 1.82) is 0 Å². The van der Waals surface area contributed by atoms with E-state index in [1.807, 2.05) is 7.05 Å². The third kappa shape index (κ3) is 3.21. The molecule has 6 nitrogen and oxygen atoms in total. The van der Waals surface area contributed by atoms with E-state index in [1.165, 1.54) is 14.2 Å². The molecule has 124 valence electrons. The molecule has 0 aromatic heterocycles. The van der Waals surface area contributed by atoms with Crippen LogP contribution in [0.2, 0.25) is 0 Å². The van der Waals surface area contributed by atoms with Gasteiger partial charge >= 0.3 is 0 Å². The lowest BCUT2D eigenvalue weighted by molar-refractivity contribution is 0.298. The van der Waals surface area contributed by atoms with Gasteiger partial charge in [-0.1, -0.05) is 0 Å². The topological polar surface area (TPSA) is 67.9 Å². The molecule has 1 aromatic rings. The van der Waals surface area contributed by atoms with Crippen LogP contribution in [0.1, 0.15) is 18.4 Å². The Balaban J connectivity index is 2.34. The summed E-state index contributed by atoms with van der Waals surface area (Å²) in [5.74, 6) is 0.963. The van der Waals surface area contributed by atoms with Crippen molar-refractivity contribution in [2.45, 2.75) is 30.7 Å². The first-order valence-electron chi connectivity index (χ1n) is 7.34. The van der Waals surface area contributed by atoms with Crippen LogP contribution < -0.4 is 14.8 Å². The molecule has 0 spiro atoms. The first kappa shape index (κ1) is 17.1. The summed E-state index contributed by atoms with van der Waals surface area (Å²) in [5, 5.41) is 3.20. The number of nitrogens with one attached hydrogen (secondary N) is 1. The Kier molecular flexibility index (Phi) is 5.31. The van der Waals surface area contributed by atoms with Crippen LogP contribution in [0.3, 0.4) is 0 Å². The molecule has 2 rings (SSSR count). The van der Waals surface area contributed by atoms with Gasteiger partial charge in [0.1, 0.15) is 0 Å². The Labute approximate surface area is 132 Å². The quantitative estimate of drug-likeness (QED) is 0.884. The van der Waals surface area contributed by atoms with Gasteiger partial charge in [0, 0.05) is 25.2 Å². The zero-order chi connectivity index (χ0) is 16.3. The number of hydrogen-bond donors (Lipinski definition) is 1. The molecule has 0 atom stereocenters. The lowest BCUT2D eigenvalue weighted by Gasteiger charge is -2.31. The molecule has 0 radical (unpaired) electrons. The number of hydrogen-bond acceptors (Lipinski definition) is 5. The van der Waals surface area contributed by atoms with E-state index < -0.39 is 10.0 Å². The maximum absolute atomic E-state index is 12.9. The van der Waals surface area contributed by atoms with Gasteiger partial charge in [0.25, 0.3) is 0 Å². The molecule has 0 amide bonds. The van der Waals surface area contributed by atoms with Gasteiger partial charge in [-0.2, -0.15) is 4.31 Å². The van der Waals surface area contributed by atoms with E-state index in [2.05, 4.69) is 5.32 Å². The number of aryl methyl sites for hydroxylation is 1. The van der Waals surface area contributed by atoms with Crippen molar-refractivity contribution in [2.24, 2.45) is 0 Å². The standard InChI is InChI=1S/C15H24N2O4S/c1-11-9-13(20-3)14(21-4)10-15(11)22(18,19)17-7-5-12(16-2)6-8-17/h9-10,12,16H,5-8H2,1-4H3. The van der Waals surface area contributed by atoms with E-state index in [0.29, 0.717) is 36.2 Å². The lowest BCUT2D eigenvalue weighted by Crippen LogP contribution is -2.44. The van der Waals surface area contributed by atoms with Crippen LogP contribution in [0, 0.1) is 6.92 Å². The Morgan fingerprint density at radius 2 is 1.68 bits per heavy atom. The molecule has 1 saturated heterocycles. The number of nitrogens with zero attached hydrogens (tertiary/aromatic N) is 1. The molecular weight excluding hydrogens is 304 g/mol. The molecule has 1 aromatic carbocycles. The summed E-state index contributed by atoms with van der Waals surface area (Å²) in [5.41, 5.74) is 0.661. The minimum Gasteiger partial charge on any atom is -0.493 e. The van der Waals surface area contributed by atoms with Crippen molar-refractivity contribution in [1.82, 2.24) is 9.62 Å². The van der Waals surface area contributed by atoms with Crippen molar-refractivity contribution in [2.75, 3.05) is 34.4 Å². The van der Waals surface area contributed by atoms with Crippen LogP contribution in [0.5, 0.6) is 11.5 Å². The number of sulfonamides is 1. The van der Waals surface area contributed by atoms with Crippen molar-refractivity contribution in [3.63, 3.8) is 0 Å². The SMILES string of the molecule is CNC1CCN(S(=O)(=O)c2cc(OC)c(OC)cc2C)CC1. The highest BCUT2D eigenvalue weighted by Gasteiger charge is 2.30. The van der Waals surface area contributed by atoms with E-state index in [9.17, 15) is 8.42 Å². The Bertz CT molecular complexity index is 623. The van der Waals surface area contributed by atoms with Gasteiger partial charge in [-0.25, -0.2) is 8.42 Å². The van der Waals surface area contributed by atoms with Gasteiger partial charge in [0.2, 0.25) is 10.0 Å². The van der Waals surface area contributed by atoms with Crippen LogP contribution in [-0.4, -0.2) is 53.1 Å². The second kappa shape index (κ2) is 6.85. The van der Waals surface area contributed by atoms with E-state index >= 15 is 0 Å². The molecule has 0 aliphatic carbocycles. The van der Waals surface area contributed by atoms with E-state index in [0.717, 1.165) is 12.8 Å². The van der Waals surface area contributed by atoms with Gasteiger partial charge in [-0.05, 0) is 38.4 Å². The molecule has 1 aliphatic heterocycles. The largest absolute Gasteiger partial charge is 0.493 e. The van der Waals surface area contributed by atoms with Crippen molar-refractivity contribution in [3.05, 3.63) is 17.7 Å². The molecule has 0 saturated carbocycles. The van der Waals surface area contributed by atoms with Gasteiger partial charge < -0.3 is 14.8 Å². The highest BCUT2D eigenvalue weighted by molar-refractivity contribution is 7.89. The van der Waals surface area contributed by atoms with E-state index in [1.54, 1.807) is 23.4 Å². The average molecular weight is 328 g/mol. The summed E-state index contributed by atoms with van der Waals surface area (Å²) < 4.78 is 37.8. The first-order valence-corrected chi connectivity index (χ1v) is 8.78. The summed E-state index contributed by atoms with van der Waals surface area (Å²) in [6, 6.07) is 3.64. The maximum Gasteiger partial charge on any atom is 0.243 e. The van der Waals surface area contributed by atoms with Gasteiger partial charge in [0.15, 0.2) is 11.5 Å². The number of rotatable bonds is 5. The van der Waals surface area contributed by atoms with Crippen LogP contribution in [0.25, 0.3) is 0 Å². The van der Waals surface area contributed by atoms with E-state index in [4.69, 9.17) is 9.47 Å². The number of benzene rings is 1. The predicted octanol–water partition coefficient (Wildman–Crippen LogP) is 1.38. The second-order valence-corrected chi connectivity index (χ2v) is 7.35. The summed E-state index contributed by atoms with van der Waals surface area (Å²) >= 11 is 0. The predicted molar refractivity (Wildman–Crippen MR) is 85.1 cm³/mol. The Morgan fingerprint density at radius 1 is 1.14 bits per heavy atom. The number of ether oxygens (including phenoxy) is 2. The van der Waals surface area contributed by atoms with Crippen LogP contribution >= 0.6 is 0 Å². The number of piperidine rings is 1. The van der Waals surface area contributed by atoms with Crippen LogP contribution in [0.15, 0.2) is 17.0 Å². The molecule has 0 unspecified atom stereocenters. The molecular formula is C15H24N2O4S. The molecule has 1 heterocycles. The summed E-state index contributed by atoms with van der Waals surface area (Å²) in [6.45, 7) is 2.83. The lowest BCUT2D eigenvalue weighted by atomic mass is 10.1. The third-order valence-electron chi connectivity index (χ3n) is 4.16. The molecule has 0 bridgehead atoms. The molecule has 7 heteroatoms. The van der Waals surface area contributed by atoms with Crippen molar-refractivity contribution >= 4 is 10.0 Å². The van der Waals surface area contributed by atoms with Crippen LogP contribution in [0.4, 0.5) is 0 Å². The van der Waals surface area contributed by atoms with Gasteiger partial charge in [-0.3, -0.25) is 0 Å². The third-order valence-corrected chi connectivity index (χ3v) is 6.20. The fourth-order valence-corrected chi connectivity index (χ4v) is 4.46. The smallest absolute Gasteiger partial charge is 0.243 e. The molecule has 1 aliphatic rings. The average Bonchev–Trinajstić information content (AvgIpc) is 2.54.